The van der Waals surface area contributed by atoms with E-state index in [9.17, 15) is 29.4 Å². The fourth-order valence-corrected chi connectivity index (χ4v) is 13.3. The first-order chi connectivity index (χ1) is 35.5. The molecule has 14 nitrogen and oxygen atoms in total. The monoisotopic (exact) mass is 1030 g/mol. The zero-order valence-electron chi connectivity index (χ0n) is 42.1. The minimum absolute atomic E-state index is 0.0185. The zero-order valence-corrected chi connectivity index (χ0v) is 43.7. The van der Waals surface area contributed by atoms with Gasteiger partial charge >= 0.3 is 0 Å². The Kier molecular flexibility index (Phi) is 12.5. The van der Waals surface area contributed by atoms with Gasteiger partial charge < -0.3 is 29.5 Å². The third-order valence-electron chi connectivity index (χ3n) is 14.6. The standard InChI is InChI=1S/2C29H29N3O4S/c2*1-29(2,3)23-12-7-15-36-21-10-6-8-18-16-37-22-11-5-4-9-19(22)25(24(18)21)32-17-30(23)28(35)26-27(34)20(33)13-14-31(26)32/h2*4-14,23,25,34H,15-17H2,1-3H3/b2*12-7+/t2*23-,25-/m10/s1. The van der Waals surface area contributed by atoms with Gasteiger partial charge in [-0.2, -0.15) is 0 Å². The summed E-state index contributed by atoms with van der Waals surface area (Å²) in [7, 11) is 0. The van der Waals surface area contributed by atoms with E-state index in [0.29, 0.717) is 13.2 Å². The van der Waals surface area contributed by atoms with Crippen molar-refractivity contribution >= 4 is 35.3 Å². The van der Waals surface area contributed by atoms with Gasteiger partial charge in [0.1, 0.15) is 50.1 Å². The molecular weight excluding hydrogens is 973 g/mol. The predicted octanol–water partition coefficient (Wildman–Crippen LogP) is 9.33. The van der Waals surface area contributed by atoms with E-state index in [2.05, 4.69) is 88.0 Å². The third-order valence-corrected chi connectivity index (χ3v) is 16.9. The molecule has 74 heavy (non-hydrogen) atoms. The number of fused-ring (bicyclic) bond motifs is 14. The predicted molar refractivity (Wildman–Crippen MR) is 288 cm³/mol. The minimum atomic E-state index is -0.574. The normalized spacial score (nSPS) is 21.5. The van der Waals surface area contributed by atoms with Gasteiger partial charge in [0.15, 0.2) is 22.9 Å². The molecule has 8 heterocycles. The molecule has 0 aliphatic carbocycles. The Morgan fingerprint density at radius 1 is 0.527 bits per heavy atom. The summed E-state index contributed by atoms with van der Waals surface area (Å²) < 4.78 is 16.1. The number of benzene rings is 4. The highest BCUT2D eigenvalue weighted by Crippen LogP contribution is 2.49. The highest BCUT2D eigenvalue weighted by molar-refractivity contribution is 7.98. The van der Waals surface area contributed by atoms with Crippen LogP contribution in [0.25, 0.3) is 0 Å². The van der Waals surface area contributed by atoms with Crippen LogP contribution in [0, 0.1) is 10.8 Å². The van der Waals surface area contributed by atoms with Crippen molar-refractivity contribution in [3.63, 3.8) is 0 Å². The maximum Gasteiger partial charge on any atom is 0.278 e. The number of amides is 2. The summed E-state index contributed by atoms with van der Waals surface area (Å²) in [6.45, 7) is 13.7. The van der Waals surface area contributed by atoms with Crippen LogP contribution in [0.2, 0.25) is 0 Å². The Bertz CT molecular complexity index is 3200. The van der Waals surface area contributed by atoms with Crippen LogP contribution in [0.1, 0.15) is 108 Å². The molecule has 2 amide bonds. The lowest BCUT2D eigenvalue weighted by atomic mass is 9.85. The zero-order chi connectivity index (χ0) is 51.8. The van der Waals surface area contributed by atoms with Gasteiger partial charge in [-0.15, -0.1) is 23.5 Å². The summed E-state index contributed by atoms with van der Waals surface area (Å²) in [5.41, 5.74) is 4.71. The molecule has 12 rings (SSSR count). The van der Waals surface area contributed by atoms with Gasteiger partial charge in [-0.3, -0.25) is 38.5 Å². The average molecular weight is 1030 g/mol. The Balaban J connectivity index is 0.000000159. The second-order valence-corrected chi connectivity index (χ2v) is 23.4. The van der Waals surface area contributed by atoms with Crippen molar-refractivity contribution in [1.29, 1.82) is 0 Å². The van der Waals surface area contributed by atoms with Crippen molar-refractivity contribution in [3.8, 4) is 23.0 Å². The van der Waals surface area contributed by atoms with Crippen molar-refractivity contribution in [2.24, 2.45) is 10.8 Å². The third kappa shape index (κ3) is 8.41. The number of thioether (sulfide) groups is 2. The molecule has 6 aromatic rings. The molecule has 6 aliphatic rings. The topological polar surface area (TPSA) is 150 Å². The Labute approximate surface area is 438 Å². The molecule has 0 radical (unpaired) electrons. The summed E-state index contributed by atoms with van der Waals surface area (Å²) in [5, 5.41) is 26.0. The lowest BCUT2D eigenvalue weighted by Crippen LogP contribution is -2.60. The largest absolute Gasteiger partial charge is 0.502 e. The molecule has 2 aromatic heterocycles. The number of hydrogen-bond acceptors (Lipinski definition) is 12. The van der Waals surface area contributed by atoms with Crippen LogP contribution in [0.4, 0.5) is 0 Å². The molecule has 0 fully saturated rings. The van der Waals surface area contributed by atoms with Crippen molar-refractivity contribution in [2.45, 2.75) is 87.0 Å². The van der Waals surface area contributed by atoms with Crippen molar-refractivity contribution in [1.82, 2.24) is 19.2 Å². The summed E-state index contributed by atoms with van der Waals surface area (Å²) in [6.07, 6.45) is 11.1. The molecule has 6 aliphatic heterocycles. The second kappa shape index (κ2) is 18.9. The SMILES string of the molecule is CC(C)(C)[C@@H]1/C=C/COc2cccc3c2[C@H](c2ccccc2SC3)N2CN1C(=O)c1c(O)c(=O)ccn12.CC(C)(C)[C@H]1/C=C/COc2cccc3c2[C@@H](c2ccccc2SC3)N2CN1C(=O)c1c(O)c(=O)ccn12. The molecule has 0 saturated heterocycles. The van der Waals surface area contributed by atoms with Crippen LogP contribution < -0.4 is 30.3 Å². The first kappa shape index (κ1) is 48.9. The Morgan fingerprint density at radius 2 is 0.932 bits per heavy atom. The summed E-state index contributed by atoms with van der Waals surface area (Å²) in [6, 6.07) is 30.2. The molecule has 4 atom stereocenters. The van der Waals surface area contributed by atoms with Gasteiger partial charge in [0.2, 0.25) is 10.9 Å². The van der Waals surface area contributed by atoms with Crippen molar-refractivity contribution in [3.05, 3.63) is 199 Å². The maximum absolute atomic E-state index is 14.0. The lowest BCUT2D eigenvalue weighted by Gasteiger charge is -2.48. The van der Waals surface area contributed by atoms with Crippen LogP contribution in [-0.4, -0.2) is 79.8 Å². The second-order valence-electron chi connectivity index (χ2n) is 21.4. The minimum Gasteiger partial charge on any atom is -0.502 e. The summed E-state index contributed by atoms with van der Waals surface area (Å²) >= 11 is 3.55. The summed E-state index contributed by atoms with van der Waals surface area (Å²) in [4.78, 5) is 58.8. The van der Waals surface area contributed by atoms with Crippen LogP contribution in [-0.2, 0) is 11.5 Å². The van der Waals surface area contributed by atoms with Gasteiger partial charge in [-0.05, 0) is 69.5 Å². The van der Waals surface area contributed by atoms with E-state index in [0.717, 1.165) is 66.2 Å². The molecule has 0 spiro atoms. The maximum atomic E-state index is 14.0. The lowest BCUT2D eigenvalue weighted by molar-refractivity contribution is 0.0500. The molecular formula is C58H58N6O8S2. The number of carbonyl (C=O) groups excluding carboxylic acids is 2. The molecule has 0 unspecified atom stereocenters. The van der Waals surface area contributed by atoms with Gasteiger partial charge in [-0.1, -0.05) is 114 Å². The number of hydrogen-bond donors (Lipinski definition) is 2. The Morgan fingerprint density at radius 3 is 1.34 bits per heavy atom. The van der Waals surface area contributed by atoms with E-state index < -0.39 is 22.4 Å². The molecule has 16 heteroatoms. The van der Waals surface area contributed by atoms with E-state index in [1.807, 2.05) is 72.8 Å². The van der Waals surface area contributed by atoms with Gasteiger partial charge in [-0.25, -0.2) is 0 Å². The van der Waals surface area contributed by atoms with E-state index in [-0.39, 0.29) is 71.5 Å². The van der Waals surface area contributed by atoms with Crippen LogP contribution >= 0.6 is 23.5 Å². The number of pyridine rings is 2. The fourth-order valence-electron chi connectivity index (χ4n) is 11.1. The first-order valence-electron chi connectivity index (χ1n) is 24.8. The number of aromatic nitrogens is 2. The number of nitrogens with zero attached hydrogens (tertiary/aromatic N) is 6. The van der Waals surface area contributed by atoms with E-state index in [4.69, 9.17) is 9.47 Å². The average Bonchev–Trinajstić information content (AvgIpc) is 3.67. The summed E-state index contributed by atoms with van der Waals surface area (Å²) in [5.74, 6) is 1.31. The van der Waals surface area contributed by atoms with Crippen molar-refractivity contribution < 1.29 is 29.3 Å². The van der Waals surface area contributed by atoms with Crippen LogP contribution in [0.15, 0.2) is 153 Å². The first-order valence-corrected chi connectivity index (χ1v) is 26.8. The molecule has 2 N–H and O–H groups in total. The van der Waals surface area contributed by atoms with E-state index in [1.165, 1.54) is 12.1 Å². The molecule has 4 aromatic carbocycles. The number of ether oxygens (including phenoxy) is 2. The number of carbonyl (C=O) groups is 2. The van der Waals surface area contributed by atoms with Gasteiger partial charge in [0, 0.05) is 56.9 Å². The fraction of sp³-hybridized carbons (Fsp3) is 0.310. The quantitative estimate of drug-likeness (QED) is 0.140. The van der Waals surface area contributed by atoms with Crippen LogP contribution in [0.3, 0.4) is 0 Å². The molecule has 380 valence electrons. The smallest absolute Gasteiger partial charge is 0.278 e. The van der Waals surface area contributed by atoms with Gasteiger partial charge in [0.25, 0.3) is 11.8 Å². The molecule has 0 saturated carbocycles. The van der Waals surface area contributed by atoms with Crippen molar-refractivity contribution in [2.75, 3.05) is 36.6 Å². The van der Waals surface area contributed by atoms with E-state index >= 15 is 0 Å². The highest BCUT2D eigenvalue weighted by atomic mass is 32.2. The van der Waals surface area contributed by atoms with Gasteiger partial charge in [0.05, 0.1) is 12.1 Å². The number of rotatable bonds is 0. The van der Waals surface area contributed by atoms with Crippen LogP contribution in [0.5, 0.6) is 23.0 Å². The number of aromatic hydroxyl groups is 2. The van der Waals surface area contributed by atoms with E-state index in [1.54, 1.807) is 55.1 Å². The molecule has 4 bridgehead atoms. The Hall–Kier alpha value is -7.30. The highest BCUT2D eigenvalue weighted by Gasteiger charge is 2.46.